The van der Waals surface area contributed by atoms with E-state index in [1.807, 2.05) is 0 Å². The first-order valence-electron chi connectivity index (χ1n) is 4.84. The number of hydrogen-bond acceptors (Lipinski definition) is 4. The van der Waals surface area contributed by atoms with Crippen molar-refractivity contribution in [3.8, 4) is 0 Å². The molecule has 1 aromatic heterocycles. The van der Waals surface area contributed by atoms with Crippen molar-refractivity contribution in [3.63, 3.8) is 0 Å². The van der Waals surface area contributed by atoms with Gasteiger partial charge in [-0.3, -0.25) is 0 Å². The minimum Gasteiger partial charge on any atom is -0.352 e. The second-order valence-electron chi connectivity index (χ2n) is 3.30. The highest BCUT2D eigenvalue weighted by Crippen LogP contribution is 2.28. The van der Waals surface area contributed by atoms with Crippen LogP contribution in [0.1, 0.15) is 0 Å². The van der Waals surface area contributed by atoms with Gasteiger partial charge in [-0.15, -0.1) is 0 Å². The maximum atomic E-state index is 13.5. The average molecular weight is 253 g/mol. The quantitative estimate of drug-likeness (QED) is 0.581. The van der Waals surface area contributed by atoms with Gasteiger partial charge in [0.1, 0.15) is 11.6 Å². The highest BCUT2D eigenvalue weighted by atomic mass is 35.5. The molecule has 88 valence electrons. The first-order valence-corrected chi connectivity index (χ1v) is 5.22. The van der Waals surface area contributed by atoms with Crippen LogP contribution in [0.2, 0.25) is 5.02 Å². The third kappa shape index (κ3) is 2.64. The Morgan fingerprint density at radius 2 is 2.12 bits per heavy atom. The zero-order valence-electron chi connectivity index (χ0n) is 8.74. The van der Waals surface area contributed by atoms with E-state index in [9.17, 15) is 4.39 Å². The Hall–Kier alpha value is -1.85. The lowest BCUT2D eigenvalue weighted by molar-refractivity contribution is 0.632. The van der Waals surface area contributed by atoms with Crippen molar-refractivity contribution in [2.45, 2.75) is 0 Å². The van der Waals surface area contributed by atoms with Crippen LogP contribution in [0, 0.1) is 5.82 Å². The largest absolute Gasteiger partial charge is 0.352 e. The number of hydrogen-bond donors (Lipinski definition) is 3. The number of nitrogen functional groups attached to an aromatic ring is 1. The molecule has 0 fully saturated rings. The SMILES string of the molecule is NNc1cc(Nc2c(F)cccc2Cl)ccn1. The lowest BCUT2D eigenvalue weighted by Gasteiger charge is -2.10. The summed E-state index contributed by atoms with van der Waals surface area (Å²) < 4.78 is 13.5. The predicted octanol–water partition coefficient (Wildman–Crippen LogP) is 2.90. The molecule has 0 amide bonds. The summed E-state index contributed by atoms with van der Waals surface area (Å²) in [6.45, 7) is 0. The molecule has 4 nitrogen and oxygen atoms in total. The summed E-state index contributed by atoms with van der Waals surface area (Å²) in [5.74, 6) is 5.29. The van der Waals surface area contributed by atoms with E-state index in [0.717, 1.165) is 0 Å². The summed E-state index contributed by atoms with van der Waals surface area (Å²) in [7, 11) is 0. The number of pyridine rings is 1. The molecule has 0 saturated heterocycles. The molecule has 0 bridgehead atoms. The summed E-state index contributed by atoms with van der Waals surface area (Å²) in [5, 5.41) is 3.18. The van der Waals surface area contributed by atoms with Crippen LogP contribution in [-0.4, -0.2) is 4.98 Å². The molecule has 0 atom stereocenters. The van der Waals surface area contributed by atoms with E-state index in [1.54, 1.807) is 30.5 Å². The fraction of sp³-hybridized carbons (Fsp3) is 0. The minimum atomic E-state index is -0.420. The number of nitrogens with zero attached hydrogens (tertiary/aromatic N) is 1. The van der Waals surface area contributed by atoms with Crippen molar-refractivity contribution in [2.24, 2.45) is 5.84 Å². The Morgan fingerprint density at radius 1 is 1.29 bits per heavy atom. The van der Waals surface area contributed by atoms with Gasteiger partial charge in [-0.2, -0.15) is 0 Å². The van der Waals surface area contributed by atoms with Gasteiger partial charge in [-0.25, -0.2) is 15.2 Å². The van der Waals surface area contributed by atoms with Crippen LogP contribution in [-0.2, 0) is 0 Å². The lowest BCUT2D eigenvalue weighted by Crippen LogP contribution is -2.08. The van der Waals surface area contributed by atoms with Crippen molar-refractivity contribution >= 4 is 28.8 Å². The topological polar surface area (TPSA) is 63.0 Å². The Labute approximate surface area is 103 Å². The van der Waals surface area contributed by atoms with Gasteiger partial charge < -0.3 is 10.7 Å². The smallest absolute Gasteiger partial charge is 0.148 e. The van der Waals surface area contributed by atoms with E-state index in [4.69, 9.17) is 17.4 Å². The van der Waals surface area contributed by atoms with Crippen LogP contribution in [0.4, 0.5) is 21.6 Å². The zero-order chi connectivity index (χ0) is 12.3. The number of aromatic nitrogens is 1. The van der Waals surface area contributed by atoms with Gasteiger partial charge >= 0.3 is 0 Å². The number of rotatable bonds is 3. The molecule has 2 aromatic rings. The number of para-hydroxylation sites is 1. The number of anilines is 3. The highest BCUT2D eigenvalue weighted by Gasteiger charge is 2.07. The van der Waals surface area contributed by atoms with E-state index in [0.29, 0.717) is 16.5 Å². The van der Waals surface area contributed by atoms with Crippen LogP contribution in [0.15, 0.2) is 36.5 Å². The molecule has 17 heavy (non-hydrogen) atoms. The van der Waals surface area contributed by atoms with Gasteiger partial charge in [-0.1, -0.05) is 17.7 Å². The van der Waals surface area contributed by atoms with Gasteiger partial charge in [-0.05, 0) is 18.2 Å². The van der Waals surface area contributed by atoms with Crippen molar-refractivity contribution in [1.82, 2.24) is 4.98 Å². The monoisotopic (exact) mass is 252 g/mol. The Morgan fingerprint density at radius 3 is 2.82 bits per heavy atom. The van der Waals surface area contributed by atoms with Crippen molar-refractivity contribution in [3.05, 3.63) is 47.4 Å². The van der Waals surface area contributed by atoms with Gasteiger partial charge in [0.25, 0.3) is 0 Å². The summed E-state index contributed by atoms with van der Waals surface area (Å²) in [5.41, 5.74) is 3.27. The lowest BCUT2D eigenvalue weighted by atomic mass is 10.3. The fourth-order valence-corrected chi connectivity index (χ4v) is 1.56. The third-order valence-electron chi connectivity index (χ3n) is 2.14. The van der Waals surface area contributed by atoms with Gasteiger partial charge in [0.15, 0.2) is 0 Å². The van der Waals surface area contributed by atoms with E-state index in [-0.39, 0.29) is 5.69 Å². The molecule has 6 heteroatoms. The molecule has 4 N–H and O–H groups in total. The standard InChI is InChI=1S/C11H10ClFN4/c12-8-2-1-3-9(13)11(8)16-7-4-5-15-10(6-7)17-14/h1-6H,14H2,(H2,15,16,17). The molecule has 0 radical (unpaired) electrons. The second kappa shape index (κ2) is 4.99. The molecule has 1 aromatic carbocycles. The predicted molar refractivity (Wildman–Crippen MR) is 66.7 cm³/mol. The van der Waals surface area contributed by atoms with Crippen molar-refractivity contribution in [2.75, 3.05) is 10.7 Å². The molecule has 0 unspecified atom stereocenters. The van der Waals surface area contributed by atoms with Crippen LogP contribution in [0.25, 0.3) is 0 Å². The van der Waals surface area contributed by atoms with Crippen LogP contribution >= 0.6 is 11.6 Å². The number of benzene rings is 1. The van der Waals surface area contributed by atoms with Crippen molar-refractivity contribution in [1.29, 1.82) is 0 Å². The fourth-order valence-electron chi connectivity index (χ4n) is 1.35. The summed E-state index contributed by atoms with van der Waals surface area (Å²) in [6.07, 6.45) is 1.55. The van der Waals surface area contributed by atoms with E-state index < -0.39 is 5.82 Å². The van der Waals surface area contributed by atoms with E-state index in [1.165, 1.54) is 6.07 Å². The molecular weight excluding hydrogens is 243 g/mol. The molecule has 2 rings (SSSR count). The van der Waals surface area contributed by atoms with E-state index in [2.05, 4.69) is 15.7 Å². The molecular formula is C11H10ClFN4. The second-order valence-corrected chi connectivity index (χ2v) is 3.70. The first-order chi connectivity index (χ1) is 8.20. The first kappa shape index (κ1) is 11.6. The molecule has 0 aliphatic heterocycles. The van der Waals surface area contributed by atoms with Crippen molar-refractivity contribution < 1.29 is 4.39 Å². The van der Waals surface area contributed by atoms with Gasteiger partial charge in [0.2, 0.25) is 0 Å². The summed E-state index contributed by atoms with van der Waals surface area (Å²) in [6, 6.07) is 7.81. The third-order valence-corrected chi connectivity index (χ3v) is 2.45. The highest BCUT2D eigenvalue weighted by molar-refractivity contribution is 6.33. The zero-order valence-corrected chi connectivity index (χ0v) is 9.50. The summed E-state index contributed by atoms with van der Waals surface area (Å²) >= 11 is 5.89. The maximum Gasteiger partial charge on any atom is 0.148 e. The van der Waals surface area contributed by atoms with Crippen LogP contribution in [0.5, 0.6) is 0 Å². The van der Waals surface area contributed by atoms with E-state index >= 15 is 0 Å². The Bertz CT molecular complexity index is 512. The van der Waals surface area contributed by atoms with Gasteiger partial charge in [0, 0.05) is 18.0 Å². The molecule has 0 aliphatic carbocycles. The Kier molecular flexibility index (Phi) is 3.41. The number of nitrogens with two attached hydrogens (primary N) is 1. The maximum absolute atomic E-state index is 13.5. The Balaban J connectivity index is 2.31. The number of hydrazine groups is 1. The number of nitrogens with one attached hydrogen (secondary N) is 2. The molecule has 0 aliphatic rings. The van der Waals surface area contributed by atoms with Crippen LogP contribution in [0.3, 0.4) is 0 Å². The molecule has 0 saturated carbocycles. The molecule has 0 spiro atoms. The normalized spacial score (nSPS) is 10.1. The van der Waals surface area contributed by atoms with Gasteiger partial charge in [0.05, 0.1) is 10.7 Å². The number of halogens is 2. The average Bonchev–Trinajstić information content (AvgIpc) is 2.34. The molecule has 1 heterocycles. The summed E-state index contributed by atoms with van der Waals surface area (Å²) in [4.78, 5) is 3.94. The van der Waals surface area contributed by atoms with Crippen LogP contribution < -0.4 is 16.6 Å². The minimum absolute atomic E-state index is 0.225.